The highest BCUT2D eigenvalue weighted by Gasteiger charge is 2.10. The minimum atomic E-state index is -0.0310. The molecule has 4 heteroatoms. The van der Waals surface area contributed by atoms with E-state index in [1.54, 1.807) is 12.1 Å². The fraction of sp³-hybridized carbons (Fsp3) is 0.111. The van der Waals surface area contributed by atoms with E-state index < -0.39 is 0 Å². The van der Waals surface area contributed by atoms with E-state index in [0.717, 1.165) is 10.3 Å². The Kier molecular flexibility index (Phi) is 1.86. The molecule has 13 heavy (non-hydrogen) atoms. The van der Waals surface area contributed by atoms with E-state index in [0.29, 0.717) is 10.4 Å². The van der Waals surface area contributed by atoms with Gasteiger partial charge in [0.1, 0.15) is 5.00 Å². The van der Waals surface area contributed by atoms with Gasteiger partial charge in [-0.25, -0.2) is 0 Å². The molecule has 0 aliphatic rings. The zero-order valence-electron chi connectivity index (χ0n) is 6.82. The van der Waals surface area contributed by atoms with Crippen LogP contribution in [0.4, 0.5) is 5.00 Å². The van der Waals surface area contributed by atoms with Crippen molar-refractivity contribution in [2.75, 3.05) is 5.73 Å². The van der Waals surface area contributed by atoms with Crippen LogP contribution in [0.5, 0.6) is 5.75 Å². The van der Waals surface area contributed by atoms with Crippen LogP contribution in [0.15, 0.2) is 18.2 Å². The van der Waals surface area contributed by atoms with Gasteiger partial charge in [0.05, 0.1) is 6.61 Å². The number of fused-ring (bicyclic) bond motifs is 1. The van der Waals surface area contributed by atoms with Gasteiger partial charge in [-0.05, 0) is 11.6 Å². The Labute approximate surface area is 79.0 Å². The second-order valence-corrected chi connectivity index (χ2v) is 3.82. The molecule has 0 saturated heterocycles. The van der Waals surface area contributed by atoms with Crippen molar-refractivity contribution in [1.82, 2.24) is 0 Å². The van der Waals surface area contributed by atoms with E-state index in [1.807, 2.05) is 6.07 Å². The molecule has 0 saturated carbocycles. The van der Waals surface area contributed by atoms with Gasteiger partial charge in [-0.2, -0.15) is 0 Å². The molecule has 3 nitrogen and oxygen atoms in total. The normalized spacial score (nSPS) is 10.8. The molecule has 0 amide bonds. The van der Waals surface area contributed by atoms with Crippen molar-refractivity contribution >= 4 is 26.4 Å². The van der Waals surface area contributed by atoms with Gasteiger partial charge in [0.15, 0.2) is 5.75 Å². The number of aromatic hydroxyl groups is 1. The van der Waals surface area contributed by atoms with Crippen molar-refractivity contribution in [3.8, 4) is 5.75 Å². The van der Waals surface area contributed by atoms with Crippen LogP contribution >= 0.6 is 11.3 Å². The quantitative estimate of drug-likeness (QED) is 0.648. The summed E-state index contributed by atoms with van der Waals surface area (Å²) in [6, 6.07) is 5.40. The Balaban J connectivity index is 2.84. The molecule has 0 radical (unpaired) electrons. The lowest BCUT2D eigenvalue weighted by molar-refractivity contribution is 0.283. The Bertz CT molecular complexity index is 450. The molecule has 1 aromatic heterocycles. The van der Waals surface area contributed by atoms with Crippen molar-refractivity contribution in [3.63, 3.8) is 0 Å². The molecular weight excluding hydrogens is 186 g/mol. The van der Waals surface area contributed by atoms with Crippen molar-refractivity contribution < 1.29 is 10.2 Å². The first kappa shape index (κ1) is 8.34. The molecule has 1 heterocycles. The zero-order chi connectivity index (χ0) is 9.42. The van der Waals surface area contributed by atoms with Gasteiger partial charge in [-0.3, -0.25) is 0 Å². The Morgan fingerprint density at radius 2 is 2.15 bits per heavy atom. The number of nitrogen functional groups attached to an aromatic ring is 1. The second kappa shape index (κ2) is 2.90. The monoisotopic (exact) mass is 195 g/mol. The summed E-state index contributed by atoms with van der Waals surface area (Å²) in [5, 5.41) is 19.7. The number of benzene rings is 1. The summed E-state index contributed by atoms with van der Waals surface area (Å²) in [6.07, 6.45) is 0. The smallest absolute Gasteiger partial charge is 0.157 e. The molecule has 2 aromatic rings. The van der Waals surface area contributed by atoms with Crippen LogP contribution in [-0.4, -0.2) is 10.2 Å². The van der Waals surface area contributed by atoms with Gasteiger partial charge in [0.2, 0.25) is 0 Å². The molecule has 2 rings (SSSR count). The van der Waals surface area contributed by atoms with Crippen molar-refractivity contribution in [2.45, 2.75) is 6.61 Å². The number of anilines is 1. The highest BCUT2D eigenvalue weighted by Crippen LogP contribution is 2.40. The molecule has 0 spiro atoms. The van der Waals surface area contributed by atoms with Crippen LogP contribution in [0, 0.1) is 0 Å². The summed E-state index contributed by atoms with van der Waals surface area (Å²) in [5.41, 5.74) is 6.36. The number of aliphatic hydroxyl groups excluding tert-OH is 1. The fourth-order valence-electron chi connectivity index (χ4n) is 1.31. The lowest BCUT2D eigenvalue weighted by Crippen LogP contribution is -1.80. The maximum Gasteiger partial charge on any atom is 0.157 e. The molecule has 0 fully saturated rings. The lowest BCUT2D eigenvalue weighted by atomic mass is 10.2. The molecule has 1 aromatic carbocycles. The van der Waals surface area contributed by atoms with E-state index in [9.17, 15) is 5.11 Å². The number of aliphatic hydroxyl groups is 1. The third kappa shape index (κ3) is 1.15. The van der Waals surface area contributed by atoms with Crippen LogP contribution in [0.25, 0.3) is 10.1 Å². The predicted octanol–water partition coefficient (Wildman–Crippen LogP) is 1.68. The highest BCUT2D eigenvalue weighted by molar-refractivity contribution is 7.23. The molecule has 0 aliphatic heterocycles. The van der Waals surface area contributed by atoms with Gasteiger partial charge in [-0.15, -0.1) is 11.3 Å². The van der Waals surface area contributed by atoms with E-state index in [4.69, 9.17) is 10.8 Å². The number of hydrogen-bond acceptors (Lipinski definition) is 4. The fourth-order valence-corrected chi connectivity index (χ4v) is 2.27. The van der Waals surface area contributed by atoms with Gasteiger partial charge in [0, 0.05) is 10.1 Å². The van der Waals surface area contributed by atoms with Crippen molar-refractivity contribution in [3.05, 3.63) is 23.8 Å². The number of rotatable bonds is 1. The Morgan fingerprint density at radius 1 is 1.38 bits per heavy atom. The number of nitrogens with two attached hydrogens (primary N) is 1. The minimum absolute atomic E-state index is 0.0310. The molecule has 4 N–H and O–H groups in total. The van der Waals surface area contributed by atoms with Crippen molar-refractivity contribution in [1.29, 1.82) is 0 Å². The summed E-state index contributed by atoms with van der Waals surface area (Å²) in [5.74, 6) is 0.121. The topological polar surface area (TPSA) is 66.5 Å². The predicted molar refractivity (Wildman–Crippen MR) is 53.8 cm³/mol. The maximum absolute atomic E-state index is 9.52. The van der Waals surface area contributed by atoms with Gasteiger partial charge >= 0.3 is 0 Å². The maximum atomic E-state index is 9.52. The summed E-state index contributed by atoms with van der Waals surface area (Å²) in [7, 11) is 0. The molecule has 0 unspecified atom stereocenters. The van der Waals surface area contributed by atoms with Crippen LogP contribution < -0.4 is 5.73 Å². The molecular formula is C9H9NO2S. The first-order valence-corrected chi connectivity index (χ1v) is 4.65. The first-order chi connectivity index (χ1) is 6.24. The van der Waals surface area contributed by atoms with Gasteiger partial charge < -0.3 is 15.9 Å². The largest absolute Gasteiger partial charge is 0.504 e. The first-order valence-electron chi connectivity index (χ1n) is 3.83. The molecule has 0 aliphatic carbocycles. The molecule has 68 valence electrons. The van der Waals surface area contributed by atoms with Gasteiger partial charge in [0.25, 0.3) is 0 Å². The summed E-state index contributed by atoms with van der Waals surface area (Å²) in [4.78, 5) is 0. The van der Waals surface area contributed by atoms with E-state index >= 15 is 0 Å². The van der Waals surface area contributed by atoms with E-state index in [1.165, 1.54) is 11.3 Å². The van der Waals surface area contributed by atoms with Crippen LogP contribution in [0.2, 0.25) is 0 Å². The third-order valence-electron chi connectivity index (χ3n) is 1.97. The Morgan fingerprint density at radius 3 is 2.85 bits per heavy atom. The summed E-state index contributed by atoms with van der Waals surface area (Å²) < 4.78 is 0.861. The number of hydrogen-bond donors (Lipinski definition) is 3. The standard InChI is InChI=1S/C9H9NO2S/c10-9-7(12)6-3-1-2-5(4-11)8(6)13-9/h1-3,11-12H,4,10H2. The Hall–Kier alpha value is -1.26. The van der Waals surface area contributed by atoms with Crippen LogP contribution in [0.3, 0.4) is 0 Å². The average molecular weight is 195 g/mol. The lowest BCUT2D eigenvalue weighted by Gasteiger charge is -1.96. The van der Waals surface area contributed by atoms with Crippen molar-refractivity contribution in [2.24, 2.45) is 0 Å². The molecule has 0 bridgehead atoms. The zero-order valence-corrected chi connectivity index (χ0v) is 7.64. The number of thiophene rings is 1. The minimum Gasteiger partial charge on any atom is -0.504 e. The molecule has 0 atom stereocenters. The van der Waals surface area contributed by atoms with Gasteiger partial charge in [-0.1, -0.05) is 12.1 Å². The van der Waals surface area contributed by atoms with E-state index in [2.05, 4.69) is 0 Å². The third-order valence-corrected chi connectivity index (χ3v) is 3.07. The second-order valence-electron chi connectivity index (χ2n) is 2.77. The van der Waals surface area contributed by atoms with Crippen LogP contribution in [-0.2, 0) is 6.61 Å². The summed E-state index contributed by atoms with van der Waals surface area (Å²) in [6.45, 7) is -0.0310. The van der Waals surface area contributed by atoms with Crippen LogP contribution in [0.1, 0.15) is 5.56 Å². The SMILES string of the molecule is Nc1sc2c(CO)cccc2c1O. The summed E-state index contributed by atoms with van der Waals surface area (Å²) >= 11 is 1.30. The van der Waals surface area contributed by atoms with E-state index in [-0.39, 0.29) is 12.4 Å². The average Bonchev–Trinajstić information content (AvgIpc) is 2.43. The highest BCUT2D eigenvalue weighted by atomic mass is 32.1.